The van der Waals surface area contributed by atoms with E-state index in [2.05, 4.69) is 9.88 Å². The van der Waals surface area contributed by atoms with Gasteiger partial charge in [0.15, 0.2) is 0 Å². The van der Waals surface area contributed by atoms with Gasteiger partial charge in [-0.05, 0) is 57.5 Å². The molecule has 0 bridgehead atoms. The molecule has 1 aliphatic heterocycles. The predicted octanol–water partition coefficient (Wildman–Crippen LogP) is 3.09. The van der Waals surface area contributed by atoms with Crippen LogP contribution in [0.25, 0.3) is 11.5 Å². The highest BCUT2D eigenvalue weighted by Gasteiger charge is 2.36. The second kappa shape index (κ2) is 6.34. The number of aliphatic hydroxyl groups is 1. The molecule has 0 radical (unpaired) electrons. The summed E-state index contributed by atoms with van der Waals surface area (Å²) in [7, 11) is 1.65. The Kier molecular flexibility index (Phi) is 4.41. The van der Waals surface area contributed by atoms with Crippen molar-refractivity contribution in [2.45, 2.75) is 44.9 Å². The van der Waals surface area contributed by atoms with E-state index < -0.39 is 5.60 Å². The minimum Gasteiger partial charge on any atom is -0.497 e. The molecule has 1 N–H and O–H groups in total. The Hall–Kier alpha value is -1.85. The van der Waals surface area contributed by atoms with Crippen LogP contribution >= 0.6 is 0 Å². The number of benzene rings is 1. The van der Waals surface area contributed by atoms with Gasteiger partial charge in [0.25, 0.3) is 0 Å². The number of hydrogen-bond acceptors (Lipinski definition) is 5. The number of aromatic nitrogens is 1. The lowest BCUT2D eigenvalue weighted by Crippen LogP contribution is -2.45. The minimum atomic E-state index is -0.695. The van der Waals surface area contributed by atoms with Gasteiger partial charge < -0.3 is 14.3 Å². The molecule has 124 valence electrons. The predicted molar refractivity (Wildman–Crippen MR) is 88.2 cm³/mol. The van der Waals surface area contributed by atoms with Gasteiger partial charge in [0.2, 0.25) is 5.89 Å². The van der Waals surface area contributed by atoms with Crippen LogP contribution in [0.5, 0.6) is 5.75 Å². The summed E-state index contributed by atoms with van der Waals surface area (Å²) in [4.78, 5) is 6.87. The van der Waals surface area contributed by atoms with Crippen molar-refractivity contribution < 1.29 is 14.3 Å². The second-order valence-corrected chi connectivity index (χ2v) is 6.65. The van der Waals surface area contributed by atoms with Crippen LogP contribution < -0.4 is 4.74 Å². The van der Waals surface area contributed by atoms with Gasteiger partial charge in [0, 0.05) is 18.2 Å². The lowest BCUT2D eigenvalue weighted by Gasteiger charge is -2.33. The van der Waals surface area contributed by atoms with E-state index in [1.54, 1.807) is 13.4 Å². The van der Waals surface area contributed by atoms with E-state index in [0.29, 0.717) is 12.4 Å². The first kappa shape index (κ1) is 16.0. The van der Waals surface area contributed by atoms with Crippen LogP contribution in [-0.4, -0.2) is 40.3 Å². The molecule has 1 fully saturated rings. The summed E-state index contributed by atoms with van der Waals surface area (Å²) in [5.41, 5.74) is 1.13. The topological polar surface area (TPSA) is 58.7 Å². The fraction of sp³-hybridized carbons (Fsp3) is 0.500. The van der Waals surface area contributed by atoms with Gasteiger partial charge in [0.1, 0.15) is 12.0 Å². The first-order valence-electron chi connectivity index (χ1n) is 8.02. The summed E-state index contributed by atoms with van der Waals surface area (Å²) < 4.78 is 10.8. The first-order valence-corrected chi connectivity index (χ1v) is 8.02. The number of hydrogen-bond donors (Lipinski definition) is 1. The number of likely N-dealkylation sites (tertiary alicyclic amines) is 1. The van der Waals surface area contributed by atoms with Crippen LogP contribution in [0.2, 0.25) is 0 Å². The lowest BCUT2D eigenvalue weighted by molar-refractivity contribution is -0.00537. The molecule has 0 saturated carbocycles. The molecule has 5 nitrogen and oxygen atoms in total. The van der Waals surface area contributed by atoms with E-state index in [-0.39, 0.29) is 6.04 Å². The maximum atomic E-state index is 10.3. The number of ether oxygens (including phenoxy) is 1. The standard InChI is InChI=1S/C18H24N2O3/c1-18(2,21)16-5-4-10-20(16)11-14-12-23-17(19-14)13-6-8-15(22-3)9-7-13/h6-9,12,16,21H,4-5,10-11H2,1-3H3. The van der Waals surface area contributed by atoms with E-state index >= 15 is 0 Å². The molecule has 1 saturated heterocycles. The zero-order valence-electron chi connectivity index (χ0n) is 14.0. The van der Waals surface area contributed by atoms with Gasteiger partial charge in [-0.1, -0.05) is 0 Å². The number of rotatable bonds is 5. The Balaban J connectivity index is 1.71. The molecule has 1 aromatic carbocycles. The van der Waals surface area contributed by atoms with Crippen molar-refractivity contribution in [1.29, 1.82) is 0 Å². The quantitative estimate of drug-likeness (QED) is 0.918. The molecule has 1 aromatic heterocycles. The van der Waals surface area contributed by atoms with E-state index in [1.807, 2.05) is 38.1 Å². The number of methoxy groups -OCH3 is 1. The van der Waals surface area contributed by atoms with Gasteiger partial charge in [-0.2, -0.15) is 0 Å². The summed E-state index contributed by atoms with van der Waals surface area (Å²) in [6, 6.07) is 7.82. The zero-order valence-corrected chi connectivity index (χ0v) is 14.0. The van der Waals surface area contributed by atoms with Crippen molar-refractivity contribution in [3.8, 4) is 17.2 Å². The Bertz CT molecular complexity index is 643. The van der Waals surface area contributed by atoms with Gasteiger partial charge >= 0.3 is 0 Å². The summed E-state index contributed by atoms with van der Waals surface area (Å²) in [6.45, 7) is 5.44. The number of oxazole rings is 1. The first-order chi connectivity index (χ1) is 11.0. The van der Waals surface area contributed by atoms with Crippen molar-refractivity contribution in [2.24, 2.45) is 0 Å². The van der Waals surface area contributed by atoms with Crippen LogP contribution in [0.15, 0.2) is 34.9 Å². The molecule has 23 heavy (non-hydrogen) atoms. The smallest absolute Gasteiger partial charge is 0.226 e. The second-order valence-electron chi connectivity index (χ2n) is 6.65. The van der Waals surface area contributed by atoms with Crippen LogP contribution in [0, 0.1) is 0 Å². The van der Waals surface area contributed by atoms with E-state index in [1.165, 1.54) is 0 Å². The molecule has 0 spiro atoms. The van der Waals surface area contributed by atoms with Gasteiger partial charge in [-0.15, -0.1) is 0 Å². The third kappa shape index (κ3) is 3.57. The van der Waals surface area contributed by atoms with Gasteiger partial charge in [0.05, 0.1) is 18.4 Å². The van der Waals surface area contributed by atoms with Crippen LogP contribution in [0.3, 0.4) is 0 Å². The SMILES string of the molecule is COc1ccc(-c2nc(CN3CCCC3C(C)(C)O)co2)cc1. The largest absolute Gasteiger partial charge is 0.497 e. The maximum Gasteiger partial charge on any atom is 0.226 e. The summed E-state index contributed by atoms with van der Waals surface area (Å²) in [5, 5.41) is 10.3. The average molecular weight is 316 g/mol. The van der Waals surface area contributed by atoms with Crippen molar-refractivity contribution in [3.63, 3.8) is 0 Å². The normalized spacial score (nSPS) is 19.2. The Morgan fingerprint density at radius 1 is 1.35 bits per heavy atom. The average Bonchev–Trinajstić information content (AvgIpc) is 3.17. The summed E-state index contributed by atoms with van der Waals surface area (Å²) >= 11 is 0. The highest BCUT2D eigenvalue weighted by molar-refractivity contribution is 5.54. The molecule has 0 aliphatic carbocycles. The Morgan fingerprint density at radius 3 is 2.74 bits per heavy atom. The molecule has 3 rings (SSSR count). The highest BCUT2D eigenvalue weighted by atomic mass is 16.5. The molecule has 1 unspecified atom stereocenters. The zero-order chi connectivity index (χ0) is 16.4. The monoisotopic (exact) mass is 316 g/mol. The Morgan fingerprint density at radius 2 is 2.09 bits per heavy atom. The summed E-state index contributed by atoms with van der Waals surface area (Å²) in [5.74, 6) is 1.42. The molecule has 1 atom stereocenters. The van der Waals surface area contributed by atoms with Gasteiger partial charge in [-0.3, -0.25) is 4.90 Å². The molecule has 0 amide bonds. The third-order valence-electron chi connectivity index (χ3n) is 4.43. The van der Waals surface area contributed by atoms with E-state index in [4.69, 9.17) is 9.15 Å². The fourth-order valence-corrected chi connectivity index (χ4v) is 3.27. The van der Waals surface area contributed by atoms with Crippen molar-refractivity contribution in [2.75, 3.05) is 13.7 Å². The molecule has 5 heteroatoms. The molecular weight excluding hydrogens is 292 g/mol. The molecule has 1 aliphatic rings. The summed E-state index contributed by atoms with van der Waals surface area (Å²) in [6.07, 6.45) is 3.84. The highest BCUT2D eigenvalue weighted by Crippen LogP contribution is 2.29. The third-order valence-corrected chi connectivity index (χ3v) is 4.43. The van der Waals surface area contributed by atoms with E-state index in [9.17, 15) is 5.11 Å². The maximum absolute atomic E-state index is 10.3. The Labute approximate surface area is 136 Å². The fourth-order valence-electron chi connectivity index (χ4n) is 3.27. The van der Waals surface area contributed by atoms with Gasteiger partial charge in [-0.25, -0.2) is 4.98 Å². The van der Waals surface area contributed by atoms with Crippen molar-refractivity contribution in [3.05, 3.63) is 36.2 Å². The molecular formula is C18H24N2O3. The molecule has 2 aromatic rings. The van der Waals surface area contributed by atoms with Crippen LogP contribution in [-0.2, 0) is 6.54 Å². The number of nitrogens with zero attached hydrogens (tertiary/aromatic N) is 2. The van der Waals surface area contributed by atoms with Crippen LogP contribution in [0.1, 0.15) is 32.4 Å². The van der Waals surface area contributed by atoms with Crippen molar-refractivity contribution >= 4 is 0 Å². The lowest BCUT2D eigenvalue weighted by atomic mass is 9.96. The molecule has 2 heterocycles. The van der Waals surface area contributed by atoms with Crippen molar-refractivity contribution in [1.82, 2.24) is 9.88 Å². The van der Waals surface area contributed by atoms with Crippen LogP contribution in [0.4, 0.5) is 0 Å². The minimum absolute atomic E-state index is 0.170. The van der Waals surface area contributed by atoms with E-state index in [0.717, 1.165) is 36.4 Å².